The van der Waals surface area contributed by atoms with Gasteiger partial charge in [0.05, 0.1) is 19.1 Å². The van der Waals surface area contributed by atoms with Crippen LogP contribution in [0.15, 0.2) is 12.7 Å². The van der Waals surface area contributed by atoms with E-state index in [1.54, 1.807) is 0 Å². The lowest BCUT2D eigenvalue weighted by Gasteiger charge is -2.20. The van der Waals surface area contributed by atoms with E-state index in [1.165, 1.54) is 17.3 Å². The third kappa shape index (κ3) is 2.15. The molecule has 76 valence electrons. The molecule has 0 saturated carbocycles. The summed E-state index contributed by atoms with van der Waals surface area (Å²) >= 11 is 0. The summed E-state index contributed by atoms with van der Waals surface area (Å²) in [6.07, 6.45) is 2.92. The second-order valence-electron chi connectivity index (χ2n) is 3.12. The number of carbonyl (C=O) groups excluding carboxylic acids is 1. The van der Waals surface area contributed by atoms with Gasteiger partial charge in [0.2, 0.25) is 0 Å². The van der Waals surface area contributed by atoms with E-state index in [4.69, 9.17) is 9.47 Å². The van der Waals surface area contributed by atoms with Gasteiger partial charge in [-0.15, -0.1) is 0 Å². The molecule has 14 heavy (non-hydrogen) atoms. The lowest BCUT2D eigenvalue weighted by Crippen LogP contribution is -2.33. The Morgan fingerprint density at radius 3 is 2.93 bits per heavy atom. The molecule has 1 aromatic heterocycles. The first-order valence-electron chi connectivity index (χ1n) is 4.37. The smallest absolute Gasteiger partial charge is 0.162 e. The highest BCUT2D eigenvalue weighted by atomic mass is 16.7. The Balaban J connectivity index is 1.88. The molecule has 0 aromatic carbocycles. The lowest BCUT2D eigenvalue weighted by molar-refractivity contribution is -0.150. The molecule has 1 aliphatic rings. The normalized spacial score (nSPS) is 18.3. The van der Waals surface area contributed by atoms with E-state index >= 15 is 0 Å². The number of hydrogen-bond donors (Lipinski definition) is 0. The van der Waals surface area contributed by atoms with Crippen molar-refractivity contribution in [2.45, 2.75) is 6.54 Å². The standard InChI is InChI=1S/C8H11N3O3/c12-8(1-11-5-9-4-10-11)7-2-13-6-14-3-7/h4-5,7H,1-3,6H2. The maximum absolute atomic E-state index is 11.6. The molecule has 0 amide bonds. The van der Waals surface area contributed by atoms with Crippen LogP contribution in [0, 0.1) is 5.92 Å². The summed E-state index contributed by atoms with van der Waals surface area (Å²) in [5.74, 6) is -0.108. The van der Waals surface area contributed by atoms with Crippen LogP contribution in [0.4, 0.5) is 0 Å². The zero-order valence-corrected chi connectivity index (χ0v) is 7.63. The molecule has 1 aromatic rings. The van der Waals surface area contributed by atoms with Gasteiger partial charge in [0.25, 0.3) is 0 Å². The fraction of sp³-hybridized carbons (Fsp3) is 0.625. The average molecular weight is 197 g/mol. The molecule has 0 bridgehead atoms. The second kappa shape index (κ2) is 4.30. The molecule has 6 nitrogen and oxygen atoms in total. The monoisotopic (exact) mass is 197 g/mol. The minimum absolute atomic E-state index is 0.0650. The molecule has 1 aliphatic heterocycles. The van der Waals surface area contributed by atoms with Gasteiger partial charge < -0.3 is 9.47 Å². The van der Waals surface area contributed by atoms with Gasteiger partial charge in [-0.2, -0.15) is 5.10 Å². The highest BCUT2D eigenvalue weighted by Crippen LogP contribution is 2.07. The van der Waals surface area contributed by atoms with Crippen molar-refractivity contribution in [1.29, 1.82) is 0 Å². The fourth-order valence-corrected chi connectivity index (χ4v) is 1.28. The molecular weight excluding hydrogens is 186 g/mol. The third-order valence-electron chi connectivity index (χ3n) is 2.04. The number of rotatable bonds is 3. The van der Waals surface area contributed by atoms with Gasteiger partial charge in [0.15, 0.2) is 5.78 Å². The minimum atomic E-state index is -0.173. The SMILES string of the molecule is O=C(Cn1cncn1)C1COCOC1. The first-order valence-corrected chi connectivity index (χ1v) is 4.37. The summed E-state index contributed by atoms with van der Waals surface area (Å²) in [6, 6.07) is 0. The number of hydrogen-bond acceptors (Lipinski definition) is 5. The maximum atomic E-state index is 11.6. The van der Waals surface area contributed by atoms with Crippen molar-refractivity contribution in [3.05, 3.63) is 12.7 Å². The molecule has 0 atom stereocenters. The Morgan fingerprint density at radius 1 is 1.50 bits per heavy atom. The number of carbonyl (C=O) groups is 1. The van der Waals surface area contributed by atoms with E-state index in [0.717, 1.165) is 0 Å². The van der Waals surface area contributed by atoms with Crippen LogP contribution in [0.1, 0.15) is 0 Å². The van der Waals surface area contributed by atoms with Crippen molar-refractivity contribution in [2.75, 3.05) is 20.0 Å². The van der Waals surface area contributed by atoms with E-state index < -0.39 is 0 Å². The van der Waals surface area contributed by atoms with E-state index in [-0.39, 0.29) is 25.0 Å². The van der Waals surface area contributed by atoms with Crippen molar-refractivity contribution >= 4 is 5.78 Å². The molecular formula is C8H11N3O3. The molecule has 2 heterocycles. The van der Waals surface area contributed by atoms with Crippen LogP contribution in [0.3, 0.4) is 0 Å². The largest absolute Gasteiger partial charge is 0.355 e. The minimum Gasteiger partial charge on any atom is -0.355 e. The van der Waals surface area contributed by atoms with Crippen LogP contribution in [0.2, 0.25) is 0 Å². The average Bonchev–Trinajstić information content (AvgIpc) is 2.72. The van der Waals surface area contributed by atoms with Crippen molar-refractivity contribution < 1.29 is 14.3 Å². The topological polar surface area (TPSA) is 66.2 Å². The van der Waals surface area contributed by atoms with Crippen LogP contribution in [-0.2, 0) is 20.8 Å². The van der Waals surface area contributed by atoms with Crippen molar-refractivity contribution in [2.24, 2.45) is 5.92 Å². The molecule has 2 rings (SSSR count). The zero-order chi connectivity index (χ0) is 9.80. The van der Waals surface area contributed by atoms with Gasteiger partial charge in [0.1, 0.15) is 26.0 Å². The van der Waals surface area contributed by atoms with Crippen molar-refractivity contribution in [3.63, 3.8) is 0 Å². The summed E-state index contributed by atoms with van der Waals surface area (Å²) in [7, 11) is 0. The van der Waals surface area contributed by atoms with Crippen LogP contribution < -0.4 is 0 Å². The van der Waals surface area contributed by atoms with Gasteiger partial charge in [0, 0.05) is 0 Å². The predicted octanol–water partition coefficient (Wildman–Crippen LogP) is -0.532. The number of ketones is 1. The van der Waals surface area contributed by atoms with Gasteiger partial charge >= 0.3 is 0 Å². The summed E-state index contributed by atoms with van der Waals surface area (Å²) in [5, 5.41) is 3.85. The summed E-state index contributed by atoms with van der Waals surface area (Å²) in [6.45, 7) is 1.39. The third-order valence-corrected chi connectivity index (χ3v) is 2.04. The van der Waals surface area contributed by atoms with E-state index in [0.29, 0.717) is 13.2 Å². The molecule has 1 saturated heterocycles. The lowest BCUT2D eigenvalue weighted by atomic mass is 10.1. The summed E-state index contributed by atoms with van der Waals surface area (Å²) < 4.78 is 11.6. The van der Waals surface area contributed by atoms with E-state index in [2.05, 4.69) is 10.1 Å². The van der Waals surface area contributed by atoms with E-state index in [9.17, 15) is 4.79 Å². The number of Topliss-reactive ketones (excluding diaryl/α,β-unsaturated/α-hetero) is 1. The zero-order valence-electron chi connectivity index (χ0n) is 7.63. The molecule has 0 spiro atoms. The molecule has 6 heteroatoms. The summed E-state index contributed by atoms with van der Waals surface area (Å²) in [4.78, 5) is 15.4. The molecule has 0 N–H and O–H groups in total. The van der Waals surface area contributed by atoms with Gasteiger partial charge in [-0.1, -0.05) is 0 Å². The first-order chi connectivity index (χ1) is 6.86. The van der Waals surface area contributed by atoms with Crippen LogP contribution in [-0.4, -0.2) is 40.6 Å². The second-order valence-corrected chi connectivity index (χ2v) is 3.12. The summed E-state index contributed by atoms with van der Waals surface area (Å²) in [5.41, 5.74) is 0. The number of aromatic nitrogens is 3. The van der Waals surface area contributed by atoms with E-state index in [1.807, 2.05) is 0 Å². The Bertz CT molecular complexity index is 293. The highest BCUT2D eigenvalue weighted by Gasteiger charge is 2.22. The Morgan fingerprint density at radius 2 is 2.29 bits per heavy atom. The van der Waals surface area contributed by atoms with Crippen LogP contribution in [0.5, 0.6) is 0 Å². The number of nitrogens with zero attached hydrogens (tertiary/aromatic N) is 3. The molecule has 0 unspecified atom stereocenters. The Labute approximate surface area is 80.8 Å². The number of ether oxygens (including phenoxy) is 2. The van der Waals surface area contributed by atoms with Gasteiger partial charge in [-0.05, 0) is 0 Å². The Hall–Kier alpha value is -1.27. The molecule has 0 radical (unpaired) electrons. The Kier molecular flexibility index (Phi) is 2.85. The van der Waals surface area contributed by atoms with Crippen LogP contribution >= 0.6 is 0 Å². The van der Waals surface area contributed by atoms with Crippen molar-refractivity contribution in [3.8, 4) is 0 Å². The predicted molar refractivity (Wildman–Crippen MR) is 45.3 cm³/mol. The first kappa shape index (κ1) is 9.29. The highest BCUT2D eigenvalue weighted by molar-refractivity contribution is 5.81. The van der Waals surface area contributed by atoms with Crippen LogP contribution in [0.25, 0.3) is 0 Å². The fourth-order valence-electron chi connectivity index (χ4n) is 1.28. The van der Waals surface area contributed by atoms with Crippen molar-refractivity contribution in [1.82, 2.24) is 14.8 Å². The molecule has 0 aliphatic carbocycles. The maximum Gasteiger partial charge on any atom is 0.162 e. The quantitative estimate of drug-likeness (QED) is 0.651. The van der Waals surface area contributed by atoms with Gasteiger partial charge in [-0.3, -0.25) is 4.79 Å². The van der Waals surface area contributed by atoms with Gasteiger partial charge in [-0.25, -0.2) is 9.67 Å². The molecule has 1 fully saturated rings.